The number of alkyl halides is 3. The van der Waals surface area contributed by atoms with Crippen LogP contribution in [0.5, 0.6) is 0 Å². The summed E-state index contributed by atoms with van der Waals surface area (Å²) < 4.78 is 38.8. The van der Waals surface area contributed by atoms with E-state index in [1.807, 2.05) is 30.3 Å². The molecule has 4 nitrogen and oxygen atoms in total. The molecular weight excluding hydrogens is 471 g/mol. The maximum absolute atomic E-state index is 12.9. The fourth-order valence-electron chi connectivity index (χ4n) is 4.29. The van der Waals surface area contributed by atoms with Crippen LogP contribution in [0.3, 0.4) is 0 Å². The first-order valence-corrected chi connectivity index (χ1v) is 13.1. The predicted molar refractivity (Wildman–Crippen MR) is 136 cm³/mol. The van der Waals surface area contributed by atoms with Crippen LogP contribution in [-0.4, -0.2) is 36.3 Å². The van der Waals surface area contributed by atoms with Gasteiger partial charge in [-0.25, -0.2) is 0 Å². The van der Waals surface area contributed by atoms with E-state index in [0.29, 0.717) is 17.6 Å². The van der Waals surface area contributed by atoms with Gasteiger partial charge in [0, 0.05) is 47.4 Å². The van der Waals surface area contributed by atoms with Gasteiger partial charge in [0.15, 0.2) is 0 Å². The summed E-state index contributed by atoms with van der Waals surface area (Å²) in [4.78, 5) is 19.8. The number of piperidine rings is 1. The zero-order chi connectivity index (χ0) is 24.7. The van der Waals surface area contributed by atoms with Crippen molar-refractivity contribution >= 4 is 34.3 Å². The Hall–Kier alpha value is -2.74. The number of rotatable bonds is 9. The third-order valence-electron chi connectivity index (χ3n) is 6.24. The van der Waals surface area contributed by atoms with Crippen LogP contribution in [0.25, 0.3) is 10.9 Å². The number of thioether (sulfide) groups is 1. The van der Waals surface area contributed by atoms with Gasteiger partial charge < -0.3 is 10.2 Å². The quantitative estimate of drug-likeness (QED) is 0.255. The highest BCUT2D eigenvalue weighted by Crippen LogP contribution is 2.34. The highest BCUT2D eigenvalue weighted by Gasteiger charge is 2.30. The van der Waals surface area contributed by atoms with Gasteiger partial charge in [-0.1, -0.05) is 12.5 Å². The van der Waals surface area contributed by atoms with Crippen LogP contribution in [0.4, 0.5) is 18.9 Å². The van der Waals surface area contributed by atoms with Crippen LogP contribution in [0.1, 0.15) is 54.4 Å². The van der Waals surface area contributed by atoms with E-state index in [4.69, 9.17) is 0 Å². The summed E-state index contributed by atoms with van der Waals surface area (Å²) in [6, 6.07) is 13.4. The molecule has 186 valence electrons. The van der Waals surface area contributed by atoms with Gasteiger partial charge in [-0.05, 0) is 80.3 Å². The number of hydrogen-bond acceptors (Lipinski definition) is 4. The number of hydrogen-bond donors (Lipinski definition) is 1. The largest absolute Gasteiger partial charge is 0.416 e. The number of fused-ring (bicyclic) bond motifs is 1. The standard InChI is InChI=1S/C27H30F3N3OS/c28-27(29,30)21-9-12-23-24(19-21)31-15-13-25(23)35-18-6-1-3-14-32-26(34)20-7-10-22(11-8-20)33-16-4-2-5-17-33/h7-13,15,19H,1-6,14,16-18H2,(H,32,34). The third-order valence-corrected chi connectivity index (χ3v) is 7.40. The molecule has 0 unspecified atom stereocenters. The smallest absolute Gasteiger partial charge is 0.372 e. The second-order valence-corrected chi connectivity index (χ2v) is 9.94. The molecule has 0 aliphatic carbocycles. The number of pyridine rings is 1. The molecule has 0 spiro atoms. The summed E-state index contributed by atoms with van der Waals surface area (Å²) in [5.74, 6) is 0.803. The summed E-state index contributed by atoms with van der Waals surface area (Å²) >= 11 is 1.62. The van der Waals surface area contributed by atoms with Crippen LogP contribution in [0, 0.1) is 0 Å². The van der Waals surface area contributed by atoms with E-state index in [1.54, 1.807) is 18.0 Å². The number of aromatic nitrogens is 1. The van der Waals surface area contributed by atoms with E-state index >= 15 is 0 Å². The number of benzene rings is 2. The maximum atomic E-state index is 12.9. The molecule has 2 heterocycles. The van der Waals surface area contributed by atoms with Crippen LogP contribution < -0.4 is 10.2 Å². The Morgan fingerprint density at radius 3 is 2.49 bits per heavy atom. The van der Waals surface area contributed by atoms with Crippen LogP contribution in [0.15, 0.2) is 59.6 Å². The molecule has 1 aliphatic heterocycles. The van der Waals surface area contributed by atoms with E-state index in [2.05, 4.69) is 15.2 Å². The lowest BCUT2D eigenvalue weighted by atomic mass is 10.1. The van der Waals surface area contributed by atoms with E-state index < -0.39 is 11.7 Å². The average molecular weight is 502 g/mol. The molecule has 0 saturated carbocycles. The Kier molecular flexibility index (Phi) is 8.55. The average Bonchev–Trinajstić information content (AvgIpc) is 2.88. The molecule has 1 fully saturated rings. The summed E-state index contributed by atoms with van der Waals surface area (Å²) in [5, 5.41) is 3.73. The summed E-state index contributed by atoms with van der Waals surface area (Å²) in [7, 11) is 0. The highest BCUT2D eigenvalue weighted by atomic mass is 32.2. The lowest BCUT2D eigenvalue weighted by Gasteiger charge is -2.28. The molecular formula is C27H30F3N3OS. The molecule has 1 amide bonds. The second-order valence-electron chi connectivity index (χ2n) is 8.80. The minimum Gasteiger partial charge on any atom is -0.372 e. The first-order chi connectivity index (χ1) is 16.9. The van der Waals surface area contributed by atoms with Crippen LogP contribution in [0.2, 0.25) is 0 Å². The van der Waals surface area contributed by atoms with Gasteiger partial charge in [-0.2, -0.15) is 13.2 Å². The van der Waals surface area contributed by atoms with E-state index in [0.717, 1.165) is 60.5 Å². The van der Waals surface area contributed by atoms with Crippen molar-refractivity contribution in [2.45, 2.75) is 49.6 Å². The normalized spacial score (nSPS) is 14.3. The van der Waals surface area contributed by atoms with Gasteiger partial charge in [0.05, 0.1) is 11.1 Å². The number of amides is 1. The molecule has 35 heavy (non-hydrogen) atoms. The fourth-order valence-corrected chi connectivity index (χ4v) is 5.34. The van der Waals surface area contributed by atoms with E-state index in [9.17, 15) is 18.0 Å². The maximum Gasteiger partial charge on any atom is 0.416 e. The minimum atomic E-state index is -4.37. The number of nitrogens with one attached hydrogen (secondary N) is 1. The van der Waals surface area contributed by atoms with Gasteiger partial charge >= 0.3 is 6.18 Å². The van der Waals surface area contributed by atoms with Gasteiger partial charge in [0.25, 0.3) is 5.91 Å². The van der Waals surface area contributed by atoms with Crippen molar-refractivity contribution in [3.05, 3.63) is 65.9 Å². The number of nitrogens with zero attached hydrogens (tertiary/aromatic N) is 2. The van der Waals surface area contributed by atoms with Gasteiger partial charge in [-0.3, -0.25) is 9.78 Å². The Labute approximate surface area is 208 Å². The Bertz CT molecular complexity index is 1130. The summed E-state index contributed by atoms with van der Waals surface area (Å²) in [6.45, 7) is 2.79. The Morgan fingerprint density at radius 1 is 0.971 bits per heavy atom. The van der Waals surface area contributed by atoms with Crippen molar-refractivity contribution in [2.75, 3.05) is 30.3 Å². The van der Waals surface area contributed by atoms with Crippen molar-refractivity contribution in [3.8, 4) is 0 Å². The van der Waals surface area contributed by atoms with E-state index in [1.165, 1.54) is 31.0 Å². The molecule has 2 aromatic carbocycles. The number of halogens is 3. The molecule has 4 rings (SSSR count). The van der Waals surface area contributed by atoms with Gasteiger partial charge in [0.2, 0.25) is 0 Å². The molecule has 1 saturated heterocycles. The number of anilines is 1. The SMILES string of the molecule is O=C(NCCCCCSc1ccnc2cc(C(F)(F)F)ccc12)c1ccc(N2CCCCC2)cc1. The zero-order valence-electron chi connectivity index (χ0n) is 19.6. The Morgan fingerprint density at radius 2 is 1.74 bits per heavy atom. The van der Waals surface area contributed by atoms with Crippen molar-refractivity contribution < 1.29 is 18.0 Å². The van der Waals surface area contributed by atoms with E-state index in [-0.39, 0.29) is 5.91 Å². The summed E-state index contributed by atoms with van der Waals surface area (Å²) in [5.41, 5.74) is 1.54. The molecule has 1 aliphatic rings. The molecule has 1 aromatic heterocycles. The van der Waals surface area contributed by atoms with Crippen molar-refractivity contribution in [3.63, 3.8) is 0 Å². The van der Waals surface area contributed by atoms with Gasteiger partial charge in [-0.15, -0.1) is 11.8 Å². The van der Waals surface area contributed by atoms with Crippen molar-refractivity contribution in [2.24, 2.45) is 0 Å². The molecule has 1 N–H and O–H groups in total. The van der Waals surface area contributed by atoms with Crippen LogP contribution in [-0.2, 0) is 6.18 Å². The molecule has 3 aromatic rings. The molecule has 0 atom stereocenters. The first-order valence-electron chi connectivity index (χ1n) is 12.1. The lowest BCUT2D eigenvalue weighted by Crippen LogP contribution is -2.29. The van der Waals surface area contributed by atoms with Crippen molar-refractivity contribution in [1.82, 2.24) is 10.3 Å². The topological polar surface area (TPSA) is 45.2 Å². The third kappa shape index (κ3) is 6.90. The zero-order valence-corrected chi connectivity index (χ0v) is 20.4. The lowest BCUT2D eigenvalue weighted by molar-refractivity contribution is -0.137. The molecule has 0 radical (unpaired) electrons. The number of carbonyl (C=O) groups is 1. The fraction of sp³-hybridized carbons (Fsp3) is 0.407. The highest BCUT2D eigenvalue weighted by molar-refractivity contribution is 7.99. The minimum absolute atomic E-state index is 0.0500. The summed E-state index contributed by atoms with van der Waals surface area (Å²) in [6.07, 6.45) is 3.72. The Balaban J connectivity index is 1.16. The monoisotopic (exact) mass is 501 g/mol. The predicted octanol–water partition coefficient (Wildman–Crippen LogP) is 6.94. The first kappa shape index (κ1) is 25.4. The number of carbonyl (C=O) groups excluding carboxylic acids is 1. The van der Waals surface area contributed by atoms with Crippen molar-refractivity contribution in [1.29, 1.82) is 0 Å². The van der Waals surface area contributed by atoms with Crippen LogP contribution >= 0.6 is 11.8 Å². The number of unbranched alkanes of at least 4 members (excludes halogenated alkanes) is 2. The molecule has 0 bridgehead atoms. The molecule has 8 heteroatoms. The van der Waals surface area contributed by atoms with Gasteiger partial charge in [0.1, 0.15) is 0 Å². The second kappa shape index (κ2) is 11.8.